The van der Waals surface area contributed by atoms with Crippen molar-refractivity contribution in [1.82, 2.24) is 5.32 Å². The van der Waals surface area contributed by atoms with Gasteiger partial charge in [-0.2, -0.15) is 0 Å². The van der Waals surface area contributed by atoms with E-state index in [-0.39, 0.29) is 36.7 Å². The normalized spacial score (nSPS) is 12.6. The van der Waals surface area contributed by atoms with E-state index in [1.807, 2.05) is 42.5 Å². The number of fused-ring (bicyclic) bond motifs is 1. The lowest BCUT2D eigenvalue weighted by atomic mass is 9.73. The Bertz CT molecular complexity index is 1470. The second-order valence-electron chi connectivity index (χ2n) is 10.2. The average Bonchev–Trinajstić information content (AvgIpc) is 2.94. The zero-order valence-electron chi connectivity index (χ0n) is 23.4. The Morgan fingerprint density at radius 1 is 0.925 bits per heavy atom. The fraction of sp³-hybridized carbons (Fsp3) is 0.294. The third-order valence-corrected chi connectivity index (χ3v) is 7.55. The molecule has 2 atom stereocenters. The van der Waals surface area contributed by atoms with Crippen LogP contribution in [0.4, 0.5) is 5.69 Å². The average molecular weight is 557 g/mol. The minimum absolute atomic E-state index is 0.0476. The summed E-state index contributed by atoms with van der Waals surface area (Å²) >= 11 is 6.29. The van der Waals surface area contributed by atoms with Gasteiger partial charge in [0.05, 0.1) is 13.0 Å². The molecule has 4 aromatic rings. The predicted octanol–water partition coefficient (Wildman–Crippen LogP) is 7.78. The van der Waals surface area contributed by atoms with E-state index in [9.17, 15) is 9.59 Å². The van der Waals surface area contributed by atoms with E-state index in [4.69, 9.17) is 22.1 Å². The van der Waals surface area contributed by atoms with Crippen molar-refractivity contribution in [3.63, 3.8) is 0 Å². The highest BCUT2D eigenvalue weighted by molar-refractivity contribution is 6.30. The molecule has 0 bridgehead atoms. The number of nitrogen functional groups attached to an aromatic ring is 1. The van der Waals surface area contributed by atoms with Crippen LogP contribution in [-0.2, 0) is 9.53 Å². The molecule has 4 aromatic carbocycles. The third-order valence-electron chi connectivity index (χ3n) is 7.29. The summed E-state index contributed by atoms with van der Waals surface area (Å²) in [5, 5.41) is 5.71. The summed E-state index contributed by atoms with van der Waals surface area (Å²) in [7, 11) is 0. The fourth-order valence-corrected chi connectivity index (χ4v) is 5.62. The summed E-state index contributed by atoms with van der Waals surface area (Å²) in [6, 6.07) is 26.5. The number of hydrogen-bond acceptors (Lipinski definition) is 4. The Morgan fingerprint density at radius 3 is 2.30 bits per heavy atom. The zero-order chi connectivity index (χ0) is 28.6. The first kappa shape index (κ1) is 29.2. The molecule has 0 radical (unpaired) electrons. The number of anilines is 1. The van der Waals surface area contributed by atoms with Crippen LogP contribution in [0.1, 0.15) is 77.6 Å². The van der Waals surface area contributed by atoms with E-state index in [0.717, 1.165) is 40.4 Å². The van der Waals surface area contributed by atoms with Gasteiger partial charge in [0, 0.05) is 34.1 Å². The van der Waals surface area contributed by atoms with Crippen LogP contribution in [-0.4, -0.2) is 25.0 Å². The predicted molar refractivity (Wildman–Crippen MR) is 164 cm³/mol. The van der Waals surface area contributed by atoms with Crippen LogP contribution >= 0.6 is 11.6 Å². The molecule has 0 aliphatic carbocycles. The van der Waals surface area contributed by atoms with Crippen molar-refractivity contribution in [3.05, 3.63) is 112 Å². The van der Waals surface area contributed by atoms with Crippen LogP contribution in [0.25, 0.3) is 10.8 Å². The zero-order valence-corrected chi connectivity index (χ0v) is 24.1. The van der Waals surface area contributed by atoms with Gasteiger partial charge in [0.1, 0.15) is 0 Å². The van der Waals surface area contributed by atoms with E-state index in [1.54, 1.807) is 6.92 Å². The molecule has 6 heteroatoms. The first-order valence-electron chi connectivity index (χ1n) is 13.9. The molecule has 0 spiro atoms. The first-order chi connectivity index (χ1) is 19.3. The van der Waals surface area contributed by atoms with Crippen molar-refractivity contribution in [2.45, 2.75) is 51.9 Å². The molecule has 3 N–H and O–H groups in total. The number of carbonyl (C=O) groups excluding carboxylic acids is 2. The first-order valence-corrected chi connectivity index (χ1v) is 14.3. The van der Waals surface area contributed by atoms with E-state index in [1.165, 1.54) is 11.1 Å². The van der Waals surface area contributed by atoms with Crippen LogP contribution in [0.15, 0.2) is 78.9 Å². The van der Waals surface area contributed by atoms with Crippen LogP contribution < -0.4 is 11.1 Å². The van der Waals surface area contributed by atoms with Gasteiger partial charge in [-0.25, -0.2) is 0 Å². The number of hydrogen-bond donors (Lipinski definition) is 2. The molecule has 0 saturated heterocycles. The monoisotopic (exact) mass is 556 g/mol. The highest BCUT2D eigenvalue weighted by Crippen LogP contribution is 2.44. The van der Waals surface area contributed by atoms with Gasteiger partial charge in [-0.05, 0) is 84.2 Å². The molecule has 40 heavy (non-hydrogen) atoms. The van der Waals surface area contributed by atoms with Crippen molar-refractivity contribution >= 4 is 39.9 Å². The number of halogens is 1. The number of benzene rings is 4. The summed E-state index contributed by atoms with van der Waals surface area (Å²) in [5.74, 6) is -0.331. The van der Waals surface area contributed by atoms with Gasteiger partial charge in [0.2, 0.25) is 0 Å². The summed E-state index contributed by atoms with van der Waals surface area (Å²) < 4.78 is 4.93. The Morgan fingerprint density at radius 2 is 1.62 bits per heavy atom. The molecule has 0 aliphatic heterocycles. The van der Waals surface area contributed by atoms with Gasteiger partial charge < -0.3 is 15.8 Å². The number of ether oxygens (including phenoxy) is 1. The molecule has 1 amide bonds. The van der Waals surface area contributed by atoms with Crippen LogP contribution in [0, 0.1) is 6.92 Å². The Labute approximate surface area is 241 Å². The van der Waals surface area contributed by atoms with E-state index in [0.29, 0.717) is 17.2 Å². The number of esters is 1. The SMILES string of the molecule is CCC[C@H](c1ccc(C(=O)NCCC(=O)OCC)cc1)C(c1ccc(Cl)cc1)c1cccc2c(N)cc(C)cc12. The second-order valence-corrected chi connectivity index (χ2v) is 10.6. The van der Waals surface area contributed by atoms with Gasteiger partial charge in [0.25, 0.3) is 5.91 Å². The number of carbonyl (C=O) groups is 2. The molecule has 0 aromatic heterocycles. The van der Waals surface area contributed by atoms with Crippen molar-refractivity contribution in [1.29, 1.82) is 0 Å². The quantitative estimate of drug-likeness (QED) is 0.146. The van der Waals surface area contributed by atoms with Crippen molar-refractivity contribution in [2.75, 3.05) is 18.9 Å². The molecule has 0 aliphatic rings. The van der Waals surface area contributed by atoms with Gasteiger partial charge in [0.15, 0.2) is 0 Å². The Hall–Kier alpha value is -3.83. The lowest BCUT2D eigenvalue weighted by Crippen LogP contribution is -2.26. The Balaban J connectivity index is 1.72. The fourth-order valence-electron chi connectivity index (χ4n) is 5.49. The second kappa shape index (κ2) is 13.5. The number of nitrogens with one attached hydrogen (secondary N) is 1. The topological polar surface area (TPSA) is 81.4 Å². The molecular weight excluding hydrogens is 520 g/mol. The van der Waals surface area contributed by atoms with Crippen molar-refractivity contribution in [2.24, 2.45) is 0 Å². The maximum Gasteiger partial charge on any atom is 0.307 e. The number of aryl methyl sites for hydroxylation is 1. The number of rotatable bonds is 11. The maximum atomic E-state index is 12.7. The standard InChI is InChI=1S/C34H37ClN2O3/c1-4-7-27(23-10-12-25(13-11-23)34(39)37-19-18-32(38)40-5-2)33(24-14-16-26(35)17-15-24)29-9-6-8-28-30(29)20-22(3)21-31(28)36/h6,8-17,20-21,27,33H,4-5,7,18-19,36H2,1-3H3,(H,37,39)/t27-,33?/m1/s1. The van der Waals surface area contributed by atoms with Crippen LogP contribution in [0.2, 0.25) is 5.02 Å². The highest BCUT2D eigenvalue weighted by Gasteiger charge is 2.28. The van der Waals surface area contributed by atoms with Crippen LogP contribution in [0.5, 0.6) is 0 Å². The highest BCUT2D eigenvalue weighted by atomic mass is 35.5. The molecule has 0 saturated carbocycles. The maximum absolute atomic E-state index is 12.7. The molecule has 5 nitrogen and oxygen atoms in total. The summed E-state index contributed by atoms with van der Waals surface area (Å²) in [6.07, 6.45) is 2.10. The Kier molecular flexibility index (Phi) is 9.84. The molecule has 1 unspecified atom stereocenters. The van der Waals surface area contributed by atoms with E-state index in [2.05, 4.69) is 55.6 Å². The summed E-state index contributed by atoms with van der Waals surface area (Å²) in [4.78, 5) is 24.3. The third kappa shape index (κ3) is 6.83. The minimum Gasteiger partial charge on any atom is -0.466 e. The van der Waals surface area contributed by atoms with E-state index < -0.39 is 0 Å². The van der Waals surface area contributed by atoms with Crippen LogP contribution in [0.3, 0.4) is 0 Å². The lowest BCUT2D eigenvalue weighted by molar-refractivity contribution is -0.142. The lowest BCUT2D eigenvalue weighted by Gasteiger charge is -2.30. The van der Waals surface area contributed by atoms with Gasteiger partial charge in [-0.15, -0.1) is 0 Å². The largest absolute Gasteiger partial charge is 0.466 e. The minimum atomic E-state index is -0.320. The van der Waals surface area contributed by atoms with Gasteiger partial charge in [-0.3, -0.25) is 9.59 Å². The summed E-state index contributed by atoms with van der Waals surface area (Å²) in [5.41, 5.74) is 12.5. The molecule has 4 rings (SSSR count). The smallest absolute Gasteiger partial charge is 0.307 e. The molecule has 0 heterocycles. The molecular formula is C34H37ClN2O3. The summed E-state index contributed by atoms with van der Waals surface area (Å²) in [6.45, 7) is 6.60. The number of amides is 1. The molecule has 208 valence electrons. The van der Waals surface area contributed by atoms with Gasteiger partial charge in [-0.1, -0.05) is 73.5 Å². The van der Waals surface area contributed by atoms with Gasteiger partial charge >= 0.3 is 5.97 Å². The van der Waals surface area contributed by atoms with E-state index >= 15 is 0 Å². The van der Waals surface area contributed by atoms with Crippen molar-refractivity contribution < 1.29 is 14.3 Å². The number of nitrogens with two attached hydrogens (primary N) is 1. The van der Waals surface area contributed by atoms with Crippen molar-refractivity contribution in [3.8, 4) is 0 Å². The molecule has 0 fully saturated rings.